The number of fused-ring (bicyclic) bond motifs is 1. The zero-order valence-electron chi connectivity index (χ0n) is 17.0. The first-order chi connectivity index (χ1) is 14.3. The molecule has 1 fully saturated rings. The minimum absolute atomic E-state index is 0.0596. The summed E-state index contributed by atoms with van der Waals surface area (Å²) in [5.41, 5.74) is 2.17. The molecule has 2 aromatic rings. The van der Waals surface area contributed by atoms with Crippen molar-refractivity contribution in [1.82, 2.24) is 4.31 Å². The smallest absolute Gasteiger partial charge is 0.246 e. The molecule has 6 nitrogen and oxygen atoms in total. The van der Waals surface area contributed by atoms with Gasteiger partial charge in [-0.2, -0.15) is 4.31 Å². The highest BCUT2D eigenvalue weighted by Gasteiger charge is 2.38. The first-order valence-corrected chi connectivity index (χ1v) is 11.9. The molecule has 160 valence electrons. The number of benzene rings is 2. The van der Waals surface area contributed by atoms with E-state index in [4.69, 9.17) is 16.3 Å². The Hall–Kier alpha value is -2.09. The largest absolute Gasteiger partial charge is 0.495 e. The molecule has 0 aliphatic carbocycles. The number of hydrogen-bond acceptors (Lipinski definition) is 4. The van der Waals surface area contributed by atoms with E-state index in [0.29, 0.717) is 17.9 Å². The van der Waals surface area contributed by atoms with Gasteiger partial charge in [0.15, 0.2) is 0 Å². The highest BCUT2D eigenvalue weighted by molar-refractivity contribution is 7.89. The molecular formula is C22H25ClN2O4S. The second-order valence-corrected chi connectivity index (χ2v) is 10.2. The number of carbonyl (C=O) groups excluding carboxylic acids is 1. The summed E-state index contributed by atoms with van der Waals surface area (Å²) < 4.78 is 33.0. The van der Waals surface area contributed by atoms with Crippen LogP contribution in [0, 0.1) is 5.92 Å². The number of carbonyl (C=O) groups is 1. The number of amides is 1. The van der Waals surface area contributed by atoms with Gasteiger partial charge < -0.3 is 9.64 Å². The summed E-state index contributed by atoms with van der Waals surface area (Å²) in [6, 6.07) is 12.7. The Bertz CT molecular complexity index is 1060. The number of sulfonamides is 1. The zero-order valence-corrected chi connectivity index (χ0v) is 18.6. The van der Waals surface area contributed by atoms with Crippen LogP contribution in [0.5, 0.6) is 5.75 Å². The lowest BCUT2D eigenvalue weighted by Gasteiger charge is -2.34. The highest BCUT2D eigenvalue weighted by atomic mass is 35.5. The molecule has 4 rings (SSSR count). The maximum Gasteiger partial charge on any atom is 0.246 e. The Labute approximate surface area is 182 Å². The standard InChI is InChI=1S/C22H25ClN2O4S/c1-15-13-17-5-3-4-6-19(17)25(15)22(26)16-9-11-24(12-10-16)30(27,28)21-14-18(23)7-8-20(21)29-2/h3-8,14-16H,9-13H2,1-2H3/t15-/m0/s1. The van der Waals surface area contributed by atoms with Gasteiger partial charge >= 0.3 is 0 Å². The van der Waals surface area contributed by atoms with Crippen LogP contribution in [0.15, 0.2) is 47.4 Å². The molecule has 1 saturated heterocycles. The second kappa shape index (κ2) is 8.21. The van der Waals surface area contributed by atoms with Crippen molar-refractivity contribution >= 4 is 33.2 Å². The van der Waals surface area contributed by atoms with E-state index in [-0.39, 0.29) is 41.6 Å². The lowest BCUT2D eigenvalue weighted by atomic mass is 9.96. The summed E-state index contributed by atoms with van der Waals surface area (Å²) in [4.78, 5) is 15.2. The lowest BCUT2D eigenvalue weighted by molar-refractivity contribution is -0.123. The van der Waals surface area contributed by atoms with E-state index in [9.17, 15) is 13.2 Å². The molecule has 1 amide bonds. The molecule has 0 bridgehead atoms. The average Bonchev–Trinajstić information content (AvgIpc) is 3.09. The van der Waals surface area contributed by atoms with E-state index in [1.165, 1.54) is 23.0 Å². The van der Waals surface area contributed by atoms with Crippen molar-refractivity contribution in [2.45, 2.75) is 37.1 Å². The predicted molar refractivity (Wildman–Crippen MR) is 117 cm³/mol. The quantitative estimate of drug-likeness (QED) is 0.714. The lowest BCUT2D eigenvalue weighted by Crippen LogP contribution is -2.46. The van der Waals surface area contributed by atoms with Crippen LogP contribution in [0.3, 0.4) is 0 Å². The van der Waals surface area contributed by atoms with Crippen LogP contribution in [0.4, 0.5) is 5.69 Å². The van der Waals surface area contributed by atoms with Gasteiger partial charge in [0, 0.05) is 35.8 Å². The number of halogens is 1. The van der Waals surface area contributed by atoms with E-state index in [2.05, 4.69) is 13.0 Å². The molecule has 0 spiro atoms. The van der Waals surface area contributed by atoms with Crippen molar-refractivity contribution in [2.24, 2.45) is 5.92 Å². The number of anilines is 1. The van der Waals surface area contributed by atoms with Gasteiger partial charge in [0.05, 0.1) is 7.11 Å². The minimum atomic E-state index is -3.76. The summed E-state index contributed by atoms with van der Waals surface area (Å²) in [6.45, 7) is 2.64. The van der Waals surface area contributed by atoms with Gasteiger partial charge in [-0.05, 0) is 56.0 Å². The van der Waals surface area contributed by atoms with Crippen molar-refractivity contribution in [3.63, 3.8) is 0 Å². The SMILES string of the molecule is COc1ccc(Cl)cc1S(=O)(=O)N1CCC(C(=O)N2c3ccccc3C[C@@H]2C)CC1. The monoisotopic (exact) mass is 448 g/mol. The third-order valence-electron chi connectivity index (χ3n) is 5.99. The molecule has 0 radical (unpaired) electrons. The third kappa shape index (κ3) is 3.70. The van der Waals surface area contributed by atoms with Crippen LogP contribution < -0.4 is 9.64 Å². The fourth-order valence-corrected chi connectivity index (χ4v) is 6.32. The van der Waals surface area contributed by atoms with Gasteiger partial charge in [0.25, 0.3) is 0 Å². The first kappa shape index (κ1) is 21.2. The average molecular weight is 449 g/mol. The van der Waals surface area contributed by atoms with Gasteiger partial charge in [-0.15, -0.1) is 0 Å². The van der Waals surface area contributed by atoms with Crippen LogP contribution in [-0.4, -0.2) is 44.9 Å². The molecule has 0 saturated carbocycles. The minimum Gasteiger partial charge on any atom is -0.495 e. The summed E-state index contributed by atoms with van der Waals surface area (Å²) in [6.07, 6.45) is 1.84. The fourth-order valence-electron chi connectivity index (χ4n) is 4.43. The van der Waals surface area contributed by atoms with E-state index in [1.54, 1.807) is 12.1 Å². The van der Waals surface area contributed by atoms with Gasteiger partial charge in [0.2, 0.25) is 15.9 Å². The van der Waals surface area contributed by atoms with E-state index >= 15 is 0 Å². The molecule has 2 aromatic carbocycles. The van der Waals surface area contributed by atoms with Gasteiger partial charge in [-0.25, -0.2) is 8.42 Å². The molecule has 0 unspecified atom stereocenters. The normalized spacial score (nSPS) is 20.2. The molecule has 30 heavy (non-hydrogen) atoms. The van der Waals surface area contributed by atoms with E-state index in [1.807, 2.05) is 23.1 Å². The van der Waals surface area contributed by atoms with Crippen LogP contribution >= 0.6 is 11.6 Å². The fraction of sp³-hybridized carbons (Fsp3) is 0.409. The topological polar surface area (TPSA) is 66.9 Å². The summed E-state index contributed by atoms with van der Waals surface area (Å²) in [5.74, 6) is 0.163. The number of nitrogens with zero attached hydrogens (tertiary/aromatic N) is 2. The van der Waals surface area contributed by atoms with Crippen molar-refractivity contribution in [1.29, 1.82) is 0 Å². The summed E-state index contributed by atoms with van der Waals surface area (Å²) in [7, 11) is -2.32. The Morgan fingerprint density at radius 2 is 1.83 bits per heavy atom. The third-order valence-corrected chi connectivity index (χ3v) is 8.15. The first-order valence-electron chi connectivity index (χ1n) is 10.1. The number of ether oxygens (including phenoxy) is 1. The maximum absolute atomic E-state index is 13.3. The molecule has 2 aliphatic rings. The van der Waals surface area contributed by atoms with Crippen LogP contribution in [0.25, 0.3) is 0 Å². The van der Waals surface area contributed by atoms with Gasteiger partial charge in [0.1, 0.15) is 10.6 Å². The Kier molecular flexibility index (Phi) is 5.79. The number of hydrogen-bond donors (Lipinski definition) is 0. The van der Waals surface area contributed by atoms with E-state index in [0.717, 1.165) is 12.1 Å². The van der Waals surface area contributed by atoms with Gasteiger partial charge in [-0.1, -0.05) is 29.8 Å². The Balaban J connectivity index is 1.49. The van der Waals surface area contributed by atoms with Crippen molar-refractivity contribution in [3.05, 3.63) is 53.1 Å². The molecular weight excluding hydrogens is 424 g/mol. The molecule has 0 aromatic heterocycles. The van der Waals surface area contributed by atoms with Crippen LogP contribution in [0.2, 0.25) is 5.02 Å². The van der Waals surface area contributed by atoms with Crippen molar-refractivity contribution in [3.8, 4) is 5.75 Å². The molecule has 1 atom stereocenters. The second-order valence-electron chi connectivity index (χ2n) is 7.86. The van der Waals surface area contributed by atoms with E-state index < -0.39 is 10.0 Å². The number of para-hydroxylation sites is 1. The number of methoxy groups -OCH3 is 1. The molecule has 2 heterocycles. The van der Waals surface area contributed by atoms with Crippen molar-refractivity contribution in [2.75, 3.05) is 25.1 Å². The maximum atomic E-state index is 13.3. The van der Waals surface area contributed by atoms with Crippen LogP contribution in [-0.2, 0) is 21.2 Å². The molecule has 2 aliphatic heterocycles. The highest BCUT2D eigenvalue weighted by Crippen LogP contribution is 2.36. The van der Waals surface area contributed by atoms with Crippen LogP contribution in [0.1, 0.15) is 25.3 Å². The zero-order chi connectivity index (χ0) is 21.5. The number of rotatable bonds is 4. The summed E-state index contributed by atoms with van der Waals surface area (Å²) >= 11 is 6.02. The summed E-state index contributed by atoms with van der Waals surface area (Å²) in [5, 5.41) is 0.334. The number of piperidine rings is 1. The molecule has 8 heteroatoms. The van der Waals surface area contributed by atoms with Gasteiger partial charge in [-0.3, -0.25) is 4.79 Å². The Morgan fingerprint density at radius 1 is 1.13 bits per heavy atom. The van der Waals surface area contributed by atoms with Crippen molar-refractivity contribution < 1.29 is 17.9 Å². The molecule has 0 N–H and O–H groups in total. The Morgan fingerprint density at radius 3 is 2.53 bits per heavy atom. The predicted octanol–water partition coefficient (Wildman–Crippen LogP) is 3.73.